The summed E-state index contributed by atoms with van der Waals surface area (Å²) in [5.41, 5.74) is 12.4. The van der Waals surface area contributed by atoms with Crippen molar-refractivity contribution in [1.29, 1.82) is 0 Å². The molecule has 0 saturated carbocycles. The van der Waals surface area contributed by atoms with Crippen LogP contribution in [0.4, 0.5) is 0 Å². The molecule has 0 aliphatic heterocycles. The molecule has 0 bridgehead atoms. The Hall–Kier alpha value is -0.570. The van der Waals surface area contributed by atoms with Crippen molar-refractivity contribution >= 4 is 11.6 Å². The predicted molar refractivity (Wildman–Crippen MR) is 61.4 cm³/mol. The zero-order chi connectivity index (χ0) is 10.4. The van der Waals surface area contributed by atoms with Crippen LogP contribution in [0, 0.1) is 5.92 Å². The van der Waals surface area contributed by atoms with Gasteiger partial charge in [0.1, 0.15) is 0 Å². The summed E-state index contributed by atoms with van der Waals surface area (Å²) in [5, 5.41) is 0.791. The molecular formula is C11H17ClN2. The van der Waals surface area contributed by atoms with Crippen LogP contribution in [0.2, 0.25) is 5.02 Å². The normalized spacial score (nSPS) is 10.9. The van der Waals surface area contributed by atoms with Crippen LogP contribution in [0.3, 0.4) is 0 Å². The molecule has 0 unspecified atom stereocenters. The van der Waals surface area contributed by atoms with Crippen LogP contribution in [-0.4, -0.2) is 13.1 Å². The van der Waals surface area contributed by atoms with Gasteiger partial charge in [-0.05, 0) is 49.5 Å². The maximum absolute atomic E-state index is 5.88. The molecule has 1 aromatic rings. The molecule has 0 saturated heterocycles. The molecule has 0 amide bonds. The van der Waals surface area contributed by atoms with Crippen LogP contribution in [0.1, 0.15) is 12.0 Å². The van der Waals surface area contributed by atoms with E-state index in [4.69, 9.17) is 23.1 Å². The molecular weight excluding hydrogens is 196 g/mol. The highest BCUT2D eigenvalue weighted by Crippen LogP contribution is 2.13. The van der Waals surface area contributed by atoms with E-state index in [1.54, 1.807) is 0 Å². The Bertz CT molecular complexity index is 272. The van der Waals surface area contributed by atoms with Crippen molar-refractivity contribution in [2.75, 3.05) is 13.1 Å². The van der Waals surface area contributed by atoms with Crippen LogP contribution in [0.5, 0.6) is 0 Å². The molecule has 0 atom stereocenters. The van der Waals surface area contributed by atoms with Gasteiger partial charge in [0.15, 0.2) is 0 Å². The molecule has 1 aromatic carbocycles. The van der Waals surface area contributed by atoms with E-state index < -0.39 is 0 Å². The molecule has 3 heteroatoms. The molecule has 0 spiro atoms. The van der Waals surface area contributed by atoms with Crippen LogP contribution in [0.15, 0.2) is 24.3 Å². The Kier molecular flexibility index (Phi) is 4.94. The minimum atomic E-state index is 0.425. The molecule has 78 valence electrons. The Balaban J connectivity index is 2.44. The van der Waals surface area contributed by atoms with Crippen molar-refractivity contribution in [1.82, 2.24) is 0 Å². The third-order valence-electron chi connectivity index (χ3n) is 2.40. The molecule has 0 radical (unpaired) electrons. The third-order valence-corrected chi connectivity index (χ3v) is 2.63. The number of hydrogen-bond acceptors (Lipinski definition) is 2. The second kappa shape index (κ2) is 6.02. The number of rotatable bonds is 5. The first kappa shape index (κ1) is 11.5. The smallest absolute Gasteiger partial charge is 0.0408 e. The lowest BCUT2D eigenvalue weighted by Crippen LogP contribution is -2.23. The van der Waals surface area contributed by atoms with Gasteiger partial charge in [0.05, 0.1) is 0 Å². The minimum Gasteiger partial charge on any atom is -0.330 e. The minimum absolute atomic E-state index is 0.425. The molecule has 4 N–H and O–H groups in total. The Labute approximate surface area is 90.2 Å². The van der Waals surface area contributed by atoms with Crippen molar-refractivity contribution in [2.45, 2.75) is 12.8 Å². The van der Waals surface area contributed by atoms with E-state index in [1.165, 1.54) is 5.56 Å². The zero-order valence-corrected chi connectivity index (χ0v) is 9.00. The first-order valence-electron chi connectivity index (χ1n) is 4.91. The number of halogens is 1. The van der Waals surface area contributed by atoms with Gasteiger partial charge >= 0.3 is 0 Å². The highest BCUT2D eigenvalue weighted by atomic mass is 35.5. The van der Waals surface area contributed by atoms with E-state index in [0.717, 1.165) is 17.9 Å². The van der Waals surface area contributed by atoms with Gasteiger partial charge in [-0.2, -0.15) is 0 Å². The highest BCUT2D eigenvalue weighted by molar-refractivity contribution is 6.30. The van der Waals surface area contributed by atoms with E-state index in [-0.39, 0.29) is 0 Å². The summed E-state index contributed by atoms with van der Waals surface area (Å²) in [6, 6.07) is 7.92. The summed E-state index contributed by atoms with van der Waals surface area (Å²) >= 11 is 5.88. The van der Waals surface area contributed by atoms with E-state index in [9.17, 15) is 0 Å². The van der Waals surface area contributed by atoms with E-state index in [0.29, 0.717) is 19.0 Å². The average Bonchev–Trinajstić information content (AvgIpc) is 2.19. The first-order chi connectivity index (χ1) is 6.76. The zero-order valence-electron chi connectivity index (χ0n) is 8.25. The molecule has 0 fully saturated rings. The number of benzene rings is 1. The summed E-state index contributed by atoms with van der Waals surface area (Å²) in [7, 11) is 0. The summed E-state index contributed by atoms with van der Waals surface area (Å²) in [4.78, 5) is 0. The molecule has 0 heterocycles. The van der Waals surface area contributed by atoms with Gasteiger partial charge in [-0.15, -0.1) is 0 Å². The Morgan fingerprint density at radius 2 is 1.93 bits per heavy atom. The van der Waals surface area contributed by atoms with Crippen LogP contribution in [0.25, 0.3) is 0 Å². The predicted octanol–water partition coefficient (Wildman–Crippen LogP) is 1.81. The highest BCUT2D eigenvalue weighted by Gasteiger charge is 2.04. The number of aryl methyl sites for hydroxylation is 1. The Morgan fingerprint density at radius 3 is 2.50 bits per heavy atom. The molecule has 1 rings (SSSR count). The van der Waals surface area contributed by atoms with Gasteiger partial charge in [-0.1, -0.05) is 23.7 Å². The first-order valence-corrected chi connectivity index (χ1v) is 5.28. The molecule has 0 aliphatic rings. The average molecular weight is 213 g/mol. The van der Waals surface area contributed by atoms with Gasteiger partial charge < -0.3 is 11.5 Å². The maximum Gasteiger partial charge on any atom is 0.0408 e. The lowest BCUT2D eigenvalue weighted by molar-refractivity contribution is 0.508. The monoisotopic (exact) mass is 212 g/mol. The Morgan fingerprint density at radius 1 is 1.21 bits per heavy atom. The summed E-state index contributed by atoms with van der Waals surface area (Å²) in [6.45, 7) is 1.33. The van der Waals surface area contributed by atoms with Crippen LogP contribution in [-0.2, 0) is 6.42 Å². The second-order valence-corrected chi connectivity index (χ2v) is 3.94. The van der Waals surface area contributed by atoms with Crippen molar-refractivity contribution in [3.63, 3.8) is 0 Å². The van der Waals surface area contributed by atoms with Gasteiger partial charge in [-0.3, -0.25) is 0 Å². The largest absolute Gasteiger partial charge is 0.330 e. The maximum atomic E-state index is 5.88. The molecule has 2 nitrogen and oxygen atoms in total. The molecule has 14 heavy (non-hydrogen) atoms. The fraction of sp³-hybridized carbons (Fsp3) is 0.455. The number of nitrogens with two attached hydrogens (primary N) is 2. The molecule has 0 aromatic heterocycles. The SMILES string of the molecule is NCC(CN)CCc1cccc(Cl)c1. The lowest BCUT2D eigenvalue weighted by Gasteiger charge is -2.11. The number of hydrogen-bond donors (Lipinski definition) is 2. The second-order valence-electron chi connectivity index (χ2n) is 3.51. The fourth-order valence-corrected chi connectivity index (χ4v) is 1.61. The summed E-state index contributed by atoms with van der Waals surface area (Å²) in [5.74, 6) is 0.425. The van der Waals surface area contributed by atoms with Crippen molar-refractivity contribution in [2.24, 2.45) is 17.4 Å². The van der Waals surface area contributed by atoms with E-state index in [2.05, 4.69) is 6.07 Å². The van der Waals surface area contributed by atoms with Crippen molar-refractivity contribution < 1.29 is 0 Å². The van der Waals surface area contributed by atoms with Crippen molar-refractivity contribution in [3.05, 3.63) is 34.9 Å². The summed E-state index contributed by atoms with van der Waals surface area (Å²) < 4.78 is 0. The van der Waals surface area contributed by atoms with E-state index >= 15 is 0 Å². The van der Waals surface area contributed by atoms with Crippen LogP contribution >= 0.6 is 11.6 Å². The fourth-order valence-electron chi connectivity index (χ4n) is 1.40. The summed E-state index contributed by atoms with van der Waals surface area (Å²) in [6.07, 6.45) is 2.03. The topological polar surface area (TPSA) is 52.0 Å². The van der Waals surface area contributed by atoms with Gasteiger partial charge in [0.25, 0.3) is 0 Å². The quantitative estimate of drug-likeness (QED) is 0.782. The van der Waals surface area contributed by atoms with Gasteiger partial charge in [0.2, 0.25) is 0 Å². The van der Waals surface area contributed by atoms with Crippen LogP contribution < -0.4 is 11.5 Å². The van der Waals surface area contributed by atoms with Crippen molar-refractivity contribution in [3.8, 4) is 0 Å². The van der Waals surface area contributed by atoms with Gasteiger partial charge in [-0.25, -0.2) is 0 Å². The van der Waals surface area contributed by atoms with Gasteiger partial charge in [0, 0.05) is 5.02 Å². The molecule has 0 aliphatic carbocycles. The standard InChI is InChI=1S/C11H17ClN2/c12-11-3-1-2-9(6-11)4-5-10(7-13)8-14/h1-3,6,10H,4-5,7-8,13-14H2. The van der Waals surface area contributed by atoms with E-state index in [1.807, 2.05) is 18.2 Å². The lowest BCUT2D eigenvalue weighted by atomic mass is 10.00. The third kappa shape index (κ3) is 3.66.